The smallest absolute Gasteiger partial charge is 0.221 e. The van der Waals surface area contributed by atoms with E-state index in [4.69, 9.17) is 16.3 Å². The zero-order valence-electron chi connectivity index (χ0n) is 16.2. The highest BCUT2D eigenvalue weighted by Crippen LogP contribution is 2.35. The second-order valence-corrected chi connectivity index (χ2v) is 6.98. The Morgan fingerprint density at radius 1 is 1.03 bits per heavy atom. The maximum Gasteiger partial charge on any atom is 0.221 e. The largest absolute Gasteiger partial charge is 0.455 e. The minimum Gasteiger partial charge on any atom is -0.455 e. The number of para-hydroxylation sites is 3. The van der Waals surface area contributed by atoms with Gasteiger partial charge in [0, 0.05) is 17.6 Å². The molecule has 0 aliphatic carbocycles. The zero-order valence-corrected chi connectivity index (χ0v) is 16.9. The Morgan fingerprint density at radius 3 is 2.38 bits per heavy atom. The number of halogens is 1. The van der Waals surface area contributed by atoms with Gasteiger partial charge in [0.1, 0.15) is 5.75 Å². The summed E-state index contributed by atoms with van der Waals surface area (Å²) in [5.41, 5.74) is 2.59. The third kappa shape index (κ3) is 5.62. The molecule has 0 heterocycles. The van der Waals surface area contributed by atoms with Crippen molar-refractivity contribution < 1.29 is 9.53 Å². The van der Waals surface area contributed by atoms with Gasteiger partial charge in [-0.25, -0.2) is 0 Å². The molecule has 0 unspecified atom stereocenters. The van der Waals surface area contributed by atoms with Crippen molar-refractivity contribution in [2.75, 3.05) is 10.6 Å². The summed E-state index contributed by atoms with van der Waals surface area (Å²) < 4.78 is 6.06. The first-order chi connectivity index (χ1) is 14.1. The van der Waals surface area contributed by atoms with Crippen molar-refractivity contribution in [3.8, 4) is 11.5 Å². The third-order valence-electron chi connectivity index (χ3n) is 4.31. The molecule has 29 heavy (non-hydrogen) atoms. The normalized spacial score (nSPS) is 11.4. The molecule has 1 amide bonds. The molecule has 3 rings (SSSR count). The molecule has 1 atom stereocenters. The van der Waals surface area contributed by atoms with E-state index in [0.29, 0.717) is 22.9 Å². The Labute approximate surface area is 176 Å². The van der Waals surface area contributed by atoms with Crippen LogP contribution in [0.3, 0.4) is 0 Å². The standard InChI is InChI=1S/C24H23ClN2O2/c1-3-8-21(20-9-4-5-10-22(20)26-17(2)28)27-23-11-6-7-12-24(23)29-19-15-13-18(25)14-16-19/h3-7,9-16,21,27H,1,8H2,2H3,(H,26,28)/t21-/m1/s1. The molecule has 0 aromatic heterocycles. The summed E-state index contributed by atoms with van der Waals surface area (Å²) >= 11 is 5.96. The molecule has 0 aliphatic rings. The maximum absolute atomic E-state index is 11.6. The van der Waals surface area contributed by atoms with Crippen LogP contribution in [0.2, 0.25) is 5.02 Å². The van der Waals surface area contributed by atoms with Crippen LogP contribution >= 0.6 is 11.6 Å². The van der Waals surface area contributed by atoms with E-state index in [0.717, 1.165) is 16.9 Å². The molecule has 3 aromatic rings. The maximum atomic E-state index is 11.6. The molecule has 3 aromatic carbocycles. The van der Waals surface area contributed by atoms with Crippen LogP contribution in [0.25, 0.3) is 0 Å². The number of ether oxygens (including phenoxy) is 1. The predicted octanol–water partition coefficient (Wildman–Crippen LogP) is 6.82. The Balaban J connectivity index is 1.89. The van der Waals surface area contributed by atoms with Crippen LogP contribution in [-0.4, -0.2) is 5.91 Å². The second-order valence-electron chi connectivity index (χ2n) is 6.54. The summed E-state index contributed by atoms with van der Waals surface area (Å²) in [7, 11) is 0. The van der Waals surface area contributed by atoms with Crippen molar-refractivity contribution >= 4 is 28.9 Å². The average Bonchev–Trinajstić information content (AvgIpc) is 2.71. The first-order valence-electron chi connectivity index (χ1n) is 9.33. The summed E-state index contributed by atoms with van der Waals surface area (Å²) in [6.45, 7) is 5.39. The Hall–Kier alpha value is -3.24. The minimum absolute atomic E-state index is 0.0921. The van der Waals surface area contributed by atoms with E-state index in [1.807, 2.05) is 66.7 Å². The van der Waals surface area contributed by atoms with Crippen LogP contribution < -0.4 is 15.4 Å². The van der Waals surface area contributed by atoms with Crippen LogP contribution in [-0.2, 0) is 4.79 Å². The third-order valence-corrected chi connectivity index (χ3v) is 4.56. The van der Waals surface area contributed by atoms with Gasteiger partial charge in [0.2, 0.25) is 5.91 Å². The van der Waals surface area contributed by atoms with Gasteiger partial charge in [-0.2, -0.15) is 0 Å². The van der Waals surface area contributed by atoms with E-state index in [9.17, 15) is 4.79 Å². The zero-order chi connectivity index (χ0) is 20.6. The van der Waals surface area contributed by atoms with Gasteiger partial charge in [0.25, 0.3) is 0 Å². The van der Waals surface area contributed by atoms with E-state index in [2.05, 4.69) is 17.2 Å². The first-order valence-corrected chi connectivity index (χ1v) is 9.71. The highest BCUT2D eigenvalue weighted by atomic mass is 35.5. The number of anilines is 2. The van der Waals surface area contributed by atoms with Crippen LogP contribution in [0, 0.1) is 0 Å². The molecule has 0 aliphatic heterocycles. The van der Waals surface area contributed by atoms with E-state index >= 15 is 0 Å². The summed E-state index contributed by atoms with van der Waals surface area (Å²) in [4.78, 5) is 11.6. The lowest BCUT2D eigenvalue weighted by molar-refractivity contribution is -0.114. The first kappa shape index (κ1) is 20.5. The molecule has 4 nitrogen and oxygen atoms in total. The van der Waals surface area contributed by atoms with Crippen LogP contribution in [0.4, 0.5) is 11.4 Å². The average molecular weight is 407 g/mol. The highest BCUT2D eigenvalue weighted by molar-refractivity contribution is 6.30. The van der Waals surface area contributed by atoms with Crippen molar-refractivity contribution in [3.05, 3.63) is 96.0 Å². The lowest BCUT2D eigenvalue weighted by Crippen LogP contribution is -2.15. The number of carbonyl (C=O) groups is 1. The SMILES string of the molecule is C=CC[C@@H](Nc1ccccc1Oc1ccc(Cl)cc1)c1ccccc1NC(C)=O. The van der Waals surface area contributed by atoms with Crippen molar-refractivity contribution in [2.45, 2.75) is 19.4 Å². The van der Waals surface area contributed by atoms with Gasteiger partial charge in [-0.1, -0.05) is 48.0 Å². The summed E-state index contributed by atoms with van der Waals surface area (Å²) in [5, 5.41) is 7.09. The minimum atomic E-state index is -0.110. The van der Waals surface area contributed by atoms with Crippen LogP contribution in [0.5, 0.6) is 11.5 Å². The number of carbonyl (C=O) groups excluding carboxylic acids is 1. The molecule has 0 saturated heterocycles. The Kier molecular flexibility index (Phi) is 6.93. The summed E-state index contributed by atoms with van der Waals surface area (Å²) in [6.07, 6.45) is 2.52. The van der Waals surface area contributed by atoms with Gasteiger partial charge in [0.15, 0.2) is 5.75 Å². The van der Waals surface area contributed by atoms with Crippen molar-refractivity contribution in [1.82, 2.24) is 0 Å². The van der Waals surface area contributed by atoms with Gasteiger partial charge in [-0.05, 0) is 54.4 Å². The van der Waals surface area contributed by atoms with E-state index in [1.165, 1.54) is 6.92 Å². The van der Waals surface area contributed by atoms with Gasteiger partial charge in [-0.15, -0.1) is 6.58 Å². The Bertz CT molecular complexity index is 986. The fraction of sp³-hybridized carbons (Fsp3) is 0.125. The molecule has 148 valence electrons. The summed E-state index contributed by atoms with van der Waals surface area (Å²) in [5.74, 6) is 1.28. The lowest BCUT2D eigenvalue weighted by Gasteiger charge is -2.23. The Morgan fingerprint density at radius 2 is 1.69 bits per heavy atom. The fourth-order valence-corrected chi connectivity index (χ4v) is 3.15. The molecular formula is C24H23ClN2O2. The number of benzene rings is 3. The van der Waals surface area contributed by atoms with Gasteiger partial charge in [-0.3, -0.25) is 4.79 Å². The number of nitrogens with one attached hydrogen (secondary N) is 2. The summed E-state index contributed by atoms with van der Waals surface area (Å²) in [6, 6.07) is 22.6. The highest BCUT2D eigenvalue weighted by Gasteiger charge is 2.16. The molecule has 0 bridgehead atoms. The lowest BCUT2D eigenvalue weighted by atomic mass is 10.0. The second kappa shape index (κ2) is 9.80. The van der Waals surface area contributed by atoms with Gasteiger partial charge >= 0.3 is 0 Å². The topological polar surface area (TPSA) is 50.4 Å². The number of amides is 1. The molecule has 0 saturated carbocycles. The molecule has 2 N–H and O–H groups in total. The van der Waals surface area contributed by atoms with Gasteiger partial charge < -0.3 is 15.4 Å². The quantitative estimate of drug-likeness (QED) is 0.403. The molecular weight excluding hydrogens is 384 g/mol. The van der Waals surface area contributed by atoms with Crippen molar-refractivity contribution in [1.29, 1.82) is 0 Å². The molecule has 0 fully saturated rings. The predicted molar refractivity (Wildman–Crippen MR) is 120 cm³/mol. The van der Waals surface area contributed by atoms with Crippen molar-refractivity contribution in [2.24, 2.45) is 0 Å². The van der Waals surface area contributed by atoms with Crippen LogP contribution in [0.1, 0.15) is 24.9 Å². The van der Waals surface area contributed by atoms with Crippen molar-refractivity contribution in [3.63, 3.8) is 0 Å². The van der Waals surface area contributed by atoms with E-state index < -0.39 is 0 Å². The molecule has 0 spiro atoms. The van der Waals surface area contributed by atoms with Crippen LogP contribution in [0.15, 0.2) is 85.5 Å². The number of hydrogen-bond acceptors (Lipinski definition) is 3. The van der Waals surface area contributed by atoms with Gasteiger partial charge in [0.05, 0.1) is 11.7 Å². The monoisotopic (exact) mass is 406 g/mol. The number of hydrogen-bond donors (Lipinski definition) is 2. The fourth-order valence-electron chi connectivity index (χ4n) is 3.03. The van der Waals surface area contributed by atoms with E-state index in [1.54, 1.807) is 12.1 Å². The van der Waals surface area contributed by atoms with E-state index in [-0.39, 0.29) is 11.9 Å². The molecule has 0 radical (unpaired) electrons. The number of rotatable bonds is 8. The molecule has 5 heteroatoms.